The normalized spacial score (nSPS) is 22.5. The molecule has 10 heteroatoms. The van der Waals surface area contributed by atoms with Crippen LogP contribution in [0.15, 0.2) is 42.5 Å². The van der Waals surface area contributed by atoms with Gasteiger partial charge in [0.05, 0.1) is 37.5 Å². The van der Waals surface area contributed by atoms with Gasteiger partial charge in [-0.15, -0.1) is 0 Å². The van der Waals surface area contributed by atoms with Crippen LogP contribution in [-0.4, -0.2) is 92.1 Å². The Balaban J connectivity index is 1.55. The second kappa shape index (κ2) is 18.3. The smallest absolute Gasteiger partial charge is 0.323 e. The van der Waals surface area contributed by atoms with Gasteiger partial charge in [0.15, 0.2) is 0 Å². The summed E-state index contributed by atoms with van der Waals surface area (Å²) in [5.41, 5.74) is 1.40. The van der Waals surface area contributed by atoms with Crippen molar-refractivity contribution in [2.75, 3.05) is 57.6 Å². The van der Waals surface area contributed by atoms with Crippen LogP contribution in [0.4, 0.5) is 16.2 Å². The summed E-state index contributed by atoms with van der Waals surface area (Å²) in [5.74, 6) is 1.64. The number of rotatable bonds is 9. The van der Waals surface area contributed by atoms with Gasteiger partial charge in [-0.2, -0.15) is 0 Å². The van der Waals surface area contributed by atoms with Gasteiger partial charge in [0.1, 0.15) is 11.5 Å². The molecule has 2 aromatic rings. The van der Waals surface area contributed by atoms with Gasteiger partial charge in [0, 0.05) is 43.5 Å². The maximum atomic E-state index is 14.4. The van der Waals surface area contributed by atoms with Crippen LogP contribution in [0, 0.1) is 11.8 Å². The van der Waals surface area contributed by atoms with E-state index in [2.05, 4.69) is 29.5 Å². The molecule has 1 fully saturated rings. The minimum Gasteiger partial charge on any atom is -0.497 e. The Kier molecular flexibility index (Phi) is 14.2. The minimum atomic E-state index is -0.440. The number of aliphatic hydroxyl groups is 1. The zero-order chi connectivity index (χ0) is 33.8. The number of nitrogens with zero attached hydrogens (tertiary/aromatic N) is 2. The van der Waals surface area contributed by atoms with Crippen molar-refractivity contribution in [3.05, 3.63) is 48.0 Å². The van der Waals surface area contributed by atoms with E-state index in [1.807, 2.05) is 13.8 Å². The first kappa shape index (κ1) is 36.5. The molecule has 1 heterocycles. The molecule has 0 bridgehead atoms. The zero-order valence-corrected chi connectivity index (χ0v) is 29.0. The molecular weight excluding hydrogens is 596 g/mol. The average Bonchev–Trinajstić information content (AvgIpc) is 3.06. The number of aliphatic hydroxyl groups excluding tert-OH is 1. The maximum absolute atomic E-state index is 14.4. The van der Waals surface area contributed by atoms with Crippen LogP contribution in [0.2, 0.25) is 0 Å². The molecule has 260 valence electrons. The predicted octanol–water partition coefficient (Wildman–Crippen LogP) is 6.65. The third-order valence-electron chi connectivity index (χ3n) is 9.44. The topological polar surface area (TPSA) is 113 Å². The first-order valence-corrected chi connectivity index (χ1v) is 17.4. The number of nitrogens with one attached hydrogen (secondary N) is 2. The van der Waals surface area contributed by atoms with E-state index >= 15 is 0 Å². The molecule has 47 heavy (non-hydrogen) atoms. The number of hydrogen-bond donors (Lipinski definition) is 3. The van der Waals surface area contributed by atoms with Crippen molar-refractivity contribution in [3.63, 3.8) is 0 Å². The van der Waals surface area contributed by atoms with Gasteiger partial charge >= 0.3 is 6.03 Å². The lowest BCUT2D eigenvalue weighted by Crippen LogP contribution is -2.47. The van der Waals surface area contributed by atoms with Crippen molar-refractivity contribution in [1.82, 2.24) is 9.80 Å². The van der Waals surface area contributed by atoms with Gasteiger partial charge in [0.25, 0.3) is 5.91 Å². The fourth-order valence-corrected chi connectivity index (χ4v) is 6.62. The van der Waals surface area contributed by atoms with Gasteiger partial charge in [-0.3, -0.25) is 4.79 Å². The number of fused-ring (bicyclic) bond motifs is 1. The Bertz CT molecular complexity index is 1270. The number of urea groups is 1. The van der Waals surface area contributed by atoms with Crippen molar-refractivity contribution in [2.24, 2.45) is 11.8 Å². The van der Waals surface area contributed by atoms with Crippen molar-refractivity contribution in [1.29, 1.82) is 0 Å². The standard InChI is InChI=1S/C37H56N4O6/c1-26-22-41(27(2)25-42)36(43)33-21-31(39-37(44)38-30-14-17-32(45-5)18-15-30)16-19-34(33)47-28(3)11-9-10-20-46-35(26)24-40(4)23-29-12-7-6-8-13-29/h14-19,21,26-29,35,42H,6-13,20,22-25H2,1-5H3,(H2,38,39,44)/t26-,27+,28-,35-/m0/s1. The molecule has 0 spiro atoms. The van der Waals surface area contributed by atoms with E-state index in [1.54, 1.807) is 54.5 Å². The Morgan fingerprint density at radius 3 is 2.38 bits per heavy atom. The molecule has 4 rings (SSSR count). The van der Waals surface area contributed by atoms with E-state index in [4.69, 9.17) is 14.2 Å². The molecule has 0 aromatic heterocycles. The lowest BCUT2D eigenvalue weighted by atomic mass is 9.89. The van der Waals surface area contributed by atoms with Gasteiger partial charge in [-0.25, -0.2) is 4.79 Å². The third-order valence-corrected chi connectivity index (χ3v) is 9.44. The molecule has 1 saturated carbocycles. The van der Waals surface area contributed by atoms with E-state index in [9.17, 15) is 14.7 Å². The number of likely N-dealkylation sites (N-methyl/N-ethyl adjacent to an activating group) is 1. The van der Waals surface area contributed by atoms with Gasteiger partial charge < -0.3 is 39.8 Å². The summed E-state index contributed by atoms with van der Waals surface area (Å²) in [6.45, 7) is 8.74. The lowest BCUT2D eigenvalue weighted by molar-refractivity contribution is -0.0190. The molecule has 2 aromatic carbocycles. The van der Waals surface area contributed by atoms with E-state index in [-0.39, 0.29) is 30.6 Å². The fourth-order valence-electron chi connectivity index (χ4n) is 6.62. The van der Waals surface area contributed by atoms with E-state index in [0.717, 1.165) is 38.3 Å². The first-order valence-electron chi connectivity index (χ1n) is 17.4. The predicted molar refractivity (Wildman–Crippen MR) is 187 cm³/mol. The monoisotopic (exact) mass is 652 g/mol. The summed E-state index contributed by atoms with van der Waals surface area (Å²) in [5, 5.41) is 15.9. The number of hydrogen-bond acceptors (Lipinski definition) is 7. The van der Waals surface area contributed by atoms with Crippen molar-refractivity contribution in [2.45, 2.75) is 90.4 Å². The summed E-state index contributed by atoms with van der Waals surface area (Å²) < 4.78 is 18.1. The van der Waals surface area contributed by atoms with Crippen LogP contribution in [0.25, 0.3) is 0 Å². The number of benzene rings is 2. The van der Waals surface area contributed by atoms with Crippen LogP contribution in [0.5, 0.6) is 11.5 Å². The lowest BCUT2D eigenvalue weighted by Gasteiger charge is -2.36. The van der Waals surface area contributed by atoms with Crippen LogP contribution >= 0.6 is 0 Å². The zero-order valence-electron chi connectivity index (χ0n) is 29.0. The molecule has 3 amide bonds. The molecular formula is C37H56N4O6. The minimum absolute atomic E-state index is 0.0181. The number of anilines is 2. The molecule has 4 atom stereocenters. The van der Waals surface area contributed by atoms with Crippen LogP contribution < -0.4 is 20.1 Å². The molecule has 1 aliphatic heterocycles. The number of amides is 3. The fraction of sp³-hybridized carbons (Fsp3) is 0.622. The number of ether oxygens (including phenoxy) is 3. The summed E-state index contributed by atoms with van der Waals surface area (Å²) in [7, 11) is 3.77. The highest BCUT2D eigenvalue weighted by molar-refractivity contribution is 6.02. The molecule has 0 unspecified atom stereocenters. The Morgan fingerprint density at radius 2 is 1.68 bits per heavy atom. The quantitative estimate of drug-likeness (QED) is 0.278. The number of methoxy groups -OCH3 is 1. The van der Waals surface area contributed by atoms with Gasteiger partial charge in [0.2, 0.25) is 0 Å². The van der Waals surface area contributed by atoms with E-state index in [0.29, 0.717) is 41.6 Å². The number of carbonyl (C=O) groups excluding carboxylic acids is 2. The molecule has 1 aliphatic carbocycles. The molecule has 0 radical (unpaired) electrons. The van der Waals surface area contributed by atoms with Crippen LogP contribution in [-0.2, 0) is 4.74 Å². The van der Waals surface area contributed by atoms with E-state index in [1.165, 1.54) is 32.1 Å². The third kappa shape index (κ3) is 11.1. The summed E-state index contributed by atoms with van der Waals surface area (Å²) in [6.07, 6.45) is 9.08. The molecule has 3 N–H and O–H groups in total. The highest BCUT2D eigenvalue weighted by atomic mass is 16.5. The molecule has 10 nitrogen and oxygen atoms in total. The van der Waals surface area contributed by atoms with Crippen molar-refractivity contribution >= 4 is 23.3 Å². The van der Waals surface area contributed by atoms with Gasteiger partial charge in [-0.1, -0.05) is 26.2 Å². The molecule has 0 saturated heterocycles. The Hall–Kier alpha value is -3.34. The van der Waals surface area contributed by atoms with Gasteiger partial charge in [-0.05, 0) is 101 Å². The second-order valence-electron chi connectivity index (χ2n) is 13.5. The summed E-state index contributed by atoms with van der Waals surface area (Å²) >= 11 is 0. The highest BCUT2D eigenvalue weighted by Crippen LogP contribution is 2.29. The molecule has 2 aliphatic rings. The van der Waals surface area contributed by atoms with Crippen molar-refractivity contribution < 1.29 is 28.9 Å². The van der Waals surface area contributed by atoms with Crippen molar-refractivity contribution in [3.8, 4) is 11.5 Å². The van der Waals surface area contributed by atoms with Crippen LogP contribution in [0.3, 0.4) is 0 Å². The second-order valence-corrected chi connectivity index (χ2v) is 13.5. The summed E-state index contributed by atoms with van der Waals surface area (Å²) in [6, 6.07) is 11.3. The largest absolute Gasteiger partial charge is 0.497 e. The average molecular weight is 653 g/mol. The summed E-state index contributed by atoms with van der Waals surface area (Å²) in [4.78, 5) is 31.4. The van der Waals surface area contributed by atoms with Crippen LogP contribution in [0.1, 0.15) is 82.5 Å². The Labute approximate surface area is 281 Å². The SMILES string of the molecule is COc1ccc(NC(=O)Nc2ccc3c(c2)C(=O)N([C@H](C)CO)C[C@H](C)[C@H](CN(C)CC2CCCCC2)OCCCC[C@H](C)O3)cc1. The number of carbonyl (C=O) groups is 2. The van der Waals surface area contributed by atoms with E-state index < -0.39 is 12.1 Å². The maximum Gasteiger partial charge on any atom is 0.323 e. The first-order chi connectivity index (χ1) is 22.7. The Morgan fingerprint density at radius 1 is 1.00 bits per heavy atom. The highest BCUT2D eigenvalue weighted by Gasteiger charge is 2.31.